The number of pyridine rings is 2. The van der Waals surface area contributed by atoms with Gasteiger partial charge in [0.2, 0.25) is 0 Å². The first kappa shape index (κ1) is 20.9. The molecule has 0 bridgehead atoms. The summed E-state index contributed by atoms with van der Waals surface area (Å²) >= 11 is 0. The van der Waals surface area contributed by atoms with Crippen molar-refractivity contribution in [3.63, 3.8) is 0 Å². The van der Waals surface area contributed by atoms with Crippen molar-refractivity contribution in [2.24, 2.45) is 0 Å². The van der Waals surface area contributed by atoms with Gasteiger partial charge in [0.1, 0.15) is 11.6 Å². The van der Waals surface area contributed by atoms with E-state index >= 15 is 0 Å². The highest BCUT2D eigenvalue weighted by Crippen LogP contribution is 2.27. The molecule has 0 radical (unpaired) electrons. The first-order chi connectivity index (χ1) is 16.1. The topological polar surface area (TPSA) is 58.6 Å². The minimum absolute atomic E-state index is 0.113. The molecule has 5 rings (SSSR count). The van der Waals surface area contributed by atoms with Crippen molar-refractivity contribution in [2.75, 3.05) is 38.2 Å². The van der Waals surface area contributed by atoms with Gasteiger partial charge in [-0.1, -0.05) is 0 Å². The van der Waals surface area contributed by atoms with Crippen LogP contribution in [0.4, 0.5) is 10.1 Å². The summed E-state index contributed by atoms with van der Waals surface area (Å²) in [4.78, 5) is 26.3. The number of aromatic nitrogens is 2. The van der Waals surface area contributed by atoms with Crippen molar-refractivity contribution in [3.05, 3.63) is 84.4 Å². The molecule has 2 aromatic heterocycles. The third-order valence-corrected chi connectivity index (χ3v) is 5.98. The number of benzene rings is 2. The maximum atomic E-state index is 14.1. The van der Waals surface area contributed by atoms with Crippen LogP contribution in [0.1, 0.15) is 10.4 Å². The number of methoxy groups -OCH3 is 1. The van der Waals surface area contributed by atoms with E-state index in [1.54, 1.807) is 31.6 Å². The molecule has 1 aliphatic heterocycles. The van der Waals surface area contributed by atoms with Crippen LogP contribution in [0.25, 0.3) is 22.2 Å². The Labute approximate surface area is 191 Å². The predicted molar refractivity (Wildman–Crippen MR) is 126 cm³/mol. The molecule has 1 aliphatic rings. The highest BCUT2D eigenvalue weighted by molar-refractivity contribution is 6.07. The molecule has 1 fully saturated rings. The zero-order valence-corrected chi connectivity index (χ0v) is 18.2. The summed E-state index contributed by atoms with van der Waals surface area (Å²) in [5.41, 5.74) is 3.67. The van der Waals surface area contributed by atoms with E-state index in [1.807, 2.05) is 41.3 Å². The van der Waals surface area contributed by atoms with Crippen molar-refractivity contribution in [1.82, 2.24) is 14.9 Å². The molecule has 0 unspecified atom stereocenters. The Morgan fingerprint density at radius 3 is 2.36 bits per heavy atom. The van der Waals surface area contributed by atoms with Crippen LogP contribution in [0, 0.1) is 5.82 Å². The second kappa shape index (κ2) is 8.86. The molecule has 3 heterocycles. The van der Waals surface area contributed by atoms with Gasteiger partial charge in [-0.15, -0.1) is 0 Å². The summed E-state index contributed by atoms with van der Waals surface area (Å²) in [6.45, 7) is 2.59. The Morgan fingerprint density at radius 1 is 0.939 bits per heavy atom. The summed E-state index contributed by atoms with van der Waals surface area (Å²) in [6.07, 6.45) is 3.37. The standard InChI is InChI=1S/C26H23FN4O2/c1-33-21-5-3-20(4-6-21)30-12-14-31(15-13-30)26(32)23-17-25(18-8-10-28-11-9-18)29-24-7-2-19(27)16-22(23)24/h2-11,16-17H,12-15H2,1H3. The summed E-state index contributed by atoms with van der Waals surface area (Å²) < 4.78 is 19.3. The van der Waals surface area contributed by atoms with E-state index in [1.165, 1.54) is 12.1 Å². The number of nitrogens with zero attached hydrogens (tertiary/aromatic N) is 4. The molecule has 166 valence electrons. The lowest BCUT2D eigenvalue weighted by atomic mass is 10.0. The highest BCUT2D eigenvalue weighted by atomic mass is 19.1. The van der Waals surface area contributed by atoms with Crippen LogP contribution in [0.5, 0.6) is 5.75 Å². The second-order valence-corrected chi connectivity index (χ2v) is 7.93. The van der Waals surface area contributed by atoms with Gasteiger partial charge in [0, 0.05) is 55.2 Å². The fraction of sp³-hybridized carbons (Fsp3) is 0.192. The third-order valence-electron chi connectivity index (χ3n) is 5.98. The fourth-order valence-corrected chi connectivity index (χ4v) is 4.18. The number of halogens is 1. The molecule has 4 aromatic rings. The van der Waals surface area contributed by atoms with Crippen LogP contribution >= 0.6 is 0 Å². The predicted octanol–water partition coefficient (Wildman–Crippen LogP) is 4.41. The molecular weight excluding hydrogens is 419 g/mol. The lowest BCUT2D eigenvalue weighted by Crippen LogP contribution is -2.48. The minimum Gasteiger partial charge on any atom is -0.497 e. The van der Waals surface area contributed by atoms with Gasteiger partial charge in [0.15, 0.2) is 0 Å². The number of ether oxygens (including phenoxy) is 1. The van der Waals surface area contributed by atoms with E-state index < -0.39 is 0 Å². The molecule has 2 aromatic carbocycles. The Kier molecular flexibility index (Phi) is 5.60. The molecule has 1 amide bonds. The largest absolute Gasteiger partial charge is 0.497 e. The quantitative estimate of drug-likeness (QED) is 0.469. The molecule has 0 aliphatic carbocycles. The van der Waals surface area contributed by atoms with E-state index in [0.29, 0.717) is 48.3 Å². The van der Waals surface area contributed by atoms with Gasteiger partial charge in [0.25, 0.3) is 5.91 Å². The van der Waals surface area contributed by atoms with Crippen molar-refractivity contribution in [3.8, 4) is 17.0 Å². The third kappa shape index (κ3) is 4.22. The van der Waals surface area contributed by atoms with Crippen molar-refractivity contribution < 1.29 is 13.9 Å². The average Bonchev–Trinajstić information content (AvgIpc) is 2.88. The lowest BCUT2D eigenvalue weighted by molar-refractivity contribution is 0.0748. The van der Waals surface area contributed by atoms with Gasteiger partial charge in [-0.3, -0.25) is 9.78 Å². The van der Waals surface area contributed by atoms with Crippen LogP contribution in [0.15, 0.2) is 73.1 Å². The normalized spacial score (nSPS) is 13.9. The van der Waals surface area contributed by atoms with Crippen LogP contribution < -0.4 is 9.64 Å². The number of piperazine rings is 1. The Balaban J connectivity index is 1.42. The Morgan fingerprint density at radius 2 is 1.67 bits per heavy atom. The lowest BCUT2D eigenvalue weighted by Gasteiger charge is -2.36. The maximum Gasteiger partial charge on any atom is 0.254 e. The number of rotatable bonds is 4. The number of amides is 1. The van der Waals surface area contributed by atoms with Gasteiger partial charge in [0.05, 0.1) is 23.9 Å². The van der Waals surface area contributed by atoms with Crippen LogP contribution in [-0.2, 0) is 0 Å². The molecule has 1 saturated heterocycles. The molecule has 0 spiro atoms. The van der Waals surface area contributed by atoms with Gasteiger partial charge in [-0.25, -0.2) is 9.37 Å². The summed E-state index contributed by atoms with van der Waals surface area (Å²) in [5.74, 6) is 0.311. The van der Waals surface area contributed by atoms with E-state index in [9.17, 15) is 9.18 Å². The van der Waals surface area contributed by atoms with Crippen molar-refractivity contribution in [2.45, 2.75) is 0 Å². The SMILES string of the molecule is COc1ccc(N2CCN(C(=O)c3cc(-c4ccncc4)nc4ccc(F)cc34)CC2)cc1. The fourth-order valence-electron chi connectivity index (χ4n) is 4.18. The monoisotopic (exact) mass is 442 g/mol. The molecule has 0 atom stereocenters. The van der Waals surface area contributed by atoms with Crippen molar-refractivity contribution >= 4 is 22.5 Å². The first-order valence-electron chi connectivity index (χ1n) is 10.8. The van der Waals surface area contributed by atoms with Gasteiger partial charge < -0.3 is 14.5 Å². The maximum absolute atomic E-state index is 14.1. The van der Waals surface area contributed by atoms with Gasteiger partial charge >= 0.3 is 0 Å². The molecule has 0 saturated carbocycles. The van der Waals surface area contributed by atoms with Crippen LogP contribution in [0.2, 0.25) is 0 Å². The minimum atomic E-state index is -0.390. The summed E-state index contributed by atoms with van der Waals surface area (Å²) in [6, 6.07) is 17.7. The van der Waals surface area contributed by atoms with Gasteiger partial charge in [-0.2, -0.15) is 0 Å². The average molecular weight is 442 g/mol. The van der Waals surface area contributed by atoms with E-state index in [0.717, 1.165) is 17.0 Å². The number of carbonyl (C=O) groups excluding carboxylic acids is 1. The second-order valence-electron chi connectivity index (χ2n) is 7.93. The molecule has 33 heavy (non-hydrogen) atoms. The number of anilines is 1. The van der Waals surface area contributed by atoms with Gasteiger partial charge in [-0.05, 0) is 60.7 Å². The number of carbonyl (C=O) groups is 1. The van der Waals surface area contributed by atoms with Crippen LogP contribution in [0.3, 0.4) is 0 Å². The molecule has 6 nitrogen and oxygen atoms in total. The smallest absolute Gasteiger partial charge is 0.254 e. The van der Waals surface area contributed by atoms with E-state index in [2.05, 4.69) is 14.9 Å². The number of hydrogen-bond donors (Lipinski definition) is 0. The van der Waals surface area contributed by atoms with E-state index in [-0.39, 0.29) is 11.7 Å². The van der Waals surface area contributed by atoms with E-state index in [4.69, 9.17) is 4.74 Å². The van der Waals surface area contributed by atoms with Crippen molar-refractivity contribution in [1.29, 1.82) is 0 Å². The molecular formula is C26H23FN4O2. The Hall–Kier alpha value is -4.00. The highest BCUT2D eigenvalue weighted by Gasteiger charge is 2.25. The van der Waals surface area contributed by atoms with Crippen LogP contribution in [-0.4, -0.2) is 54.1 Å². The zero-order chi connectivity index (χ0) is 22.8. The summed E-state index contributed by atoms with van der Waals surface area (Å²) in [7, 11) is 1.65. The Bertz CT molecular complexity index is 1290. The first-order valence-corrected chi connectivity index (χ1v) is 10.8. The number of fused-ring (bicyclic) bond motifs is 1. The molecule has 0 N–H and O–H groups in total. The number of hydrogen-bond acceptors (Lipinski definition) is 5. The zero-order valence-electron chi connectivity index (χ0n) is 18.2. The molecule has 7 heteroatoms. The summed E-state index contributed by atoms with van der Waals surface area (Å²) in [5, 5.41) is 0.524.